The summed E-state index contributed by atoms with van der Waals surface area (Å²) in [6.45, 7) is 7.34. The number of hydrogen-bond acceptors (Lipinski definition) is 2. The lowest BCUT2D eigenvalue weighted by molar-refractivity contribution is 0.209. The molecule has 0 aromatic rings. The highest BCUT2D eigenvalue weighted by Crippen LogP contribution is 2.09. The number of aliphatic hydroxyl groups excluding tert-OH is 2. The zero-order valence-corrected chi connectivity index (χ0v) is 7.17. The minimum absolute atomic E-state index is 0.0148. The normalized spacial score (nSPS) is 14.7. The van der Waals surface area contributed by atoms with Gasteiger partial charge < -0.3 is 10.2 Å². The molecule has 0 spiro atoms. The molecule has 0 aromatic carbocycles. The SMILES string of the molecule is C=C(C)C[C@H](O)/C(C)=C\CO. The fourth-order valence-corrected chi connectivity index (χ4v) is 0.771. The summed E-state index contributed by atoms with van der Waals surface area (Å²) in [7, 11) is 0. The van der Waals surface area contributed by atoms with E-state index in [2.05, 4.69) is 6.58 Å². The molecule has 0 rings (SSSR count). The van der Waals surface area contributed by atoms with Crippen LogP contribution in [0.15, 0.2) is 23.8 Å². The van der Waals surface area contributed by atoms with Gasteiger partial charge in [-0.3, -0.25) is 0 Å². The Morgan fingerprint density at radius 1 is 1.55 bits per heavy atom. The van der Waals surface area contributed by atoms with Crippen LogP contribution in [-0.4, -0.2) is 22.9 Å². The van der Waals surface area contributed by atoms with Crippen molar-refractivity contribution in [2.45, 2.75) is 26.4 Å². The molecule has 0 amide bonds. The predicted molar refractivity (Wildman–Crippen MR) is 46.3 cm³/mol. The first-order valence-corrected chi connectivity index (χ1v) is 3.68. The van der Waals surface area contributed by atoms with E-state index in [0.29, 0.717) is 6.42 Å². The van der Waals surface area contributed by atoms with E-state index in [1.807, 2.05) is 6.92 Å². The van der Waals surface area contributed by atoms with Crippen molar-refractivity contribution in [1.29, 1.82) is 0 Å². The molecule has 0 aliphatic rings. The van der Waals surface area contributed by atoms with E-state index < -0.39 is 6.10 Å². The van der Waals surface area contributed by atoms with Crippen molar-refractivity contribution in [2.75, 3.05) is 6.61 Å². The number of aliphatic hydroxyl groups is 2. The molecule has 0 unspecified atom stereocenters. The van der Waals surface area contributed by atoms with Crippen LogP contribution in [0.1, 0.15) is 20.3 Å². The van der Waals surface area contributed by atoms with E-state index in [1.165, 1.54) is 0 Å². The monoisotopic (exact) mass is 156 g/mol. The Morgan fingerprint density at radius 2 is 2.09 bits per heavy atom. The zero-order chi connectivity index (χ0) is 8.85. The molecule has 64 valence electrons. The van der Waals surface area contributed by atoms with Gasteiger partial charge in [-0.1, -0.05) is 11.6 Å². The van der Waals surface area contributed by atoms with Crippen molar-refractivity contribution in [2.24, 2.45) is 0 Å². The molecule has 2 nitrogen and oxygen atoms in total. The predicted octanol–water partition coefficient (Wildman–Crippen LogP) is 1.25. The van der Waals surface area contributed by atoms with Gasteiger partial charge in [-0.05, 0) is 25.8 Å². The molecule has 0 radical (unpaired) electrons. The quantitative estimate of drug-likeness (QED) is 0.601. The lowest BCUT2D eigenvalue weighted by atomic mass is 10.0. The summed E-state index contributed by atoms with van der Waals surface area (Å²) in [5.41, 5.74) is 1.75. The second-order valence-electron chi connectivity index (χ2n) is 2.81. The molecule has 0 aromatic heterocycles. The lowest BCUT2D eigenvalue weighted by Crippen LogP contribution is -2.08. The van der Waals surface area contributed by atoms with Gasteiger partial charge >= 0.3 is 0 Å². The van der Waals surface area contributed by atoms with Crippen LogP contribution in [0.5, 0.6) is 0 Å². The Balaban J connectivity index is 3.92. The summed E-state index contributed by atoms with van der Waals surface area (Å²) in [5.74, 6) is 0. The van der Waals surface area contributed by atoms with E-state index in [9.17, 15) is 5.11 Å². The molecular weight excluding hydrogens is 140 g/mol. The zero-order valence-electron chi connectivity index (χ0n) is 7.17. The molecule has 2 heteroatoms. The van der Waals surface area contributed by atoms with Gasteiger partial charge in [0.2, 0.25) is 0 Å². The smallest absolute Gasteiger partial charge is 0.0785 e. The minimum Gasteiger partial charge on any atom is -0.392 e. The summed E-state index contributed by atoms with van der Waals surface area (Å²) in [6, 6.07) is 0. The van der Waals surface area contributed by atoms with Gasteiger partial charge in [0.15, 0.2) is 0 Å². The van der Waals surface area contributed by atoms with Crippen LogP contribution in [0.3, 0.4) is 0 Å². The number of rotatable bonds is 4. The Kier molecular flexibility index (Phi) is 4.83. The Bertz CT molecular complexity index is 159. The number of hydrogen-bond donors (Lipinski definition) is 2. The summed E-state index contributed by atoms with van der Waals surface area (Å²) >= 11 is 0. The highest BCUT2D eigenvalue weighted by molar-refractivity contribution is 5.08. The van der Waals surface area contributed by atoms with Crippen LogP contribution in [0.4, 0.5) is 0 Å². The molecule has 11 heavy (non-hydrogen) atoms. The molecule has 1 atom stereocenters. The van der Waals surface area contributed by atoms with Crippen LogP contribution in [0.25, 0.3) is 0 Å². The van der Waals surface area contributed by atoms with E-state index in [1.54, 1.807) is 13.0 Å². The minimum atomic E-state index is -0.486. The fraction of sp³-hybridized carbons (Fsp3) is 0.556. The first-order valence-electron chi connectivity index (χ1n) is 3.68. The molecule has 0 bridgehead atoms. The van der Waals surface area contributed by atoms with Gasteiger partial charge in [0.05, 0.1) is 12.7 Å². The van der Waals surface area contributed by atoms with Crippen LogP contribution < -0.4 is 0 Å². The van der Waals surface area contributed by atoms with Crippen LogP contribution in [0, 0.1) is 0 Å². The van der Waals surface area contributed by atoms with Crippen molar-refractivity contribution in [3.05, 3.63) is 23.8 Å². The molecule has 0 saturated carbocycles. The molecule has 0 heterocycles. The topological polar surface area (TPSA) is 40.5 Å². The Hall–Kier alpha value is -0.600. The standard InChI is InChI=1S/C9H16O2/c1-7(2)6-9(11)8(3)4-5-10/h4,9-11H,1,5-6H2,2-3H3/b8-4-/t9-/m0/s1. The summed E-state index contributed by atoms with van der Waals surface area (Å²) in [5, 5.41) is 17.9. The maximum atomic E-state index is 9.38. The molecule has 0 fully saturated rings. The van der Waals surface area contributed by atoms with E-state index >= 15 is 0 Å². The lowest BCUT2D eigenvalue weighted by Gasteiger charge is -2.10. The van der Waals surface area contributed by atoms with E-state index in [0.717, 1.165) is 11.1 Å². The largest absolute Gasteiger partial charge is 0.392 e. The average molecular weight is 156 g/mol. The maximum Gasteiger partial charge on any atom is 0.0785 e. The molecule has 0 saturated heterocycles. The van der Waals surface area contributed by atoms with Gasteiger partial charge in [0.1, 0.15) is 0 Å². The van der Waals surface area contributed by atoms with Gasteiger partial charge in [-0.25, -0.2) is 0 Å². The highest BCUT2D eigenvalue weighted by atomic mass is 16.3. The summed E-state index contributed by atoms with van der Waals surface area (Å²) < 4.78 is 0. The van der Waals surface area contributed by atoms with Gasteiger partial charge in [0.25, 0.3) is 0 Å². The average Bonchev–Trinajstić information content (AvgIpc) is 1.86. The summed E-state index contributed by atoms with van der Waals surface area (Å²) in [4.78, 5) is 0. The van der Waals surface area contributed by atoms with Gasteiger partial charge in [-0.2, -0.15) is 0 Å². The van der Waals surface area contributed by atoms with E-state index in [-0.39, 0.29) is 6.61 Å². The molecule has 0 aliphatic carbocycles. The third-order valence-electron chi connectivity index (χ3n) is 1.48. The Labute approximate surface area is 67.9 Å². The third kappa shape index (κ3) is 4.76. The highest BCUT2D eigenvalue weighted by Gasteiger charge is 2.04. The van der Waals surface area contributed by atoms with Crippen LogP contribution in [-0.2, 0) is 0 Å². The van der Waals surface area contributed by atoms with Crippen LogP contribution in [0.2, 0.25) is 0 Å². The third-order valence-corrected chi connectivity index (χ3v) is 1.48. The molecule has 0 aliphatic heterocycles. The van der Waals surface area contributed by atoms with Crippen LogP contribution >= 0.6 is 0 Å². The van der Waals surface area contributed by atoms with Crippen molar-refractivity contribution >= 4 is 0 Å². The first kappa shape index (κ1) is 10.4. The first-order chi connectivity index (χ1) is 5.07. The van der Waals surface area contributed by atoms with Crippen molar-refractivity contribution in [1.82, 2.24) is 0 Å². The second kappa shape index (κ2) is 5.10. The van der Waals surface area contributed by atoms with Gasteiger partial charge in [-0.15, -0.1) is 6.58 Å². The fourth-order valence-electron chi connectivity index (χ4n) is 0.771. The van der Waals surface area contributed by atoms with Crippen molar-refractivity contribution < 1.29 is 10.2 Å². The second-order valence-corrected chi connectivity index (χ2v) is 2.81. The Morgan fingerprint density at radius 3 is 2.45 bits per heavy atom. The van der Waals surface area contributed by atoms with Crippen molar-refractivity contribution in [3.8, 4) is 0 Å². The van der Waals surface area contributed by atoms with Gasteiger partial charge in [0, 0.05) is 0 Å². The van der Waals surface area contributed by atoms with E-state index in [4.69, 9.17) is 5.11 Å². The van der Waals surface area contributed by atoms with Crippen molar-refractivity contribution in [3.63, 3.8) is 0 Å². The maximum absolute atomic E-state index is 9.38. The molecule has 2 N–H and O–H groups in total. The molecular formula is C9H16O2. The summed E-state index contributed by atoms with van der Waals surface area (Å²) in [6.07, 6.45) is 1.69.